The molecule has 0 aromatic carbocycles. The molecule has 1 aromatic heterocycles. The van der Waals surface area contributed by atoms with Crippen LogP contribution in [0.2, 0.25) is 0 Å². The predicted molar refractivity (Wildman–Crippen MR) is 64.9 cm³/mol. The highest BCUT2D eigenvalue weighted by molar-refractivity contribution is 7.07. The predicted octanol–water partition coefficient (Wildman–Crippen LogP) is 3.31. The molecule has 0 radical (unpaired) electrons. The molecule has 0 saturated carbocycles. The zero-order chi connectivity index (χ0) is 10.4. The maximum atomic E-state index is 3.56. The lowest BCUT2D eigenvalue weighted by molar-refractivity contribution is 0.445. The van der Waals surface area contributed by atoms with Gasteiger partial charge in [-0.2, -0.15) is 11.3 Å². The molecular weight excluding hydrogens is 190 g/mol. The standard InChI is InChI=1S/C12H21NS/c1-10(2)8-11(3)13-6-4-12-5-7-14-9-12/h5,7,9-11,13H,4,6,8H2,1-3H3. The van der Waals surface area contributed by atoms with E-state index in [1.807, 2.05) is 0 Å². The second kappa shape index (κ2) is 6.20. The Morgan fingerprint density at radius 3 is 2.71 bits per heavy atom. The summed E-state index contributed by atoms with van der Waals surface area (Å²) in [6.07, 6.45) is 2.43. The summed E-state index contributed by atoms with van der Waals surface area (Å²) >= 11 is 1.78. The fraction of sp³-hybridized carbons (Fsp3) is 0.667. The summed E-state index contributed by atoms with van der Waals surface area (Å²) in [6, 6.07) is 2.85. The quantitative estimate of drug-likeness (QED) is 0.761. The van der Waals surface area contributed by atoms with E-state index in [0.29, 0.717) is 6.04 Å². The molecular formula is C12H21NS. The lowest BCUT2D eigenvalue weighted by Gasteiger charge is -2.15. The van der Waals surface area contributed by atoms with Gasteiger partial charge in [0.15, 0.2) is 0 Å². The number of thiophene rings is 1. The molecule has 1 rings (SSSR count). The van der Waals surface area contributed by atoms with Crippen LogP contribution >= 0.6 is 11.3 Å². The van der Waals surface area contributed by atoms with Crippen LogP contribution in [0.25, 0.3) is 0 Å². The lowest BCUT2D eigenvalue weighted by Crippen LogP contribution is -2.29. The first-order valence-electron chi connectivity index (χ1n) is 5.43. The summed E-state index contributed by atoms with van der Waals surface area (Å²) in [7, 11) is 0. The van der Waals surface area contributed by atoms with Crippen LogP contribution < -0.4 is 5.32 Å². The van der Waals surface area contributed by atoms with Gasteiger partial charge in [0.25, 0.3) is 0 Å². The lowest BCUT2D eigenvalue weighted by atomic mass is 10.1. The van der Waals surface area contributed by atoms with Crippen molar-refractivity contribution in [1.82, 2.24) is 5.32 Å². The van der Waals surface area contributed by atoms with Gasteiger partial charge < -0.3 is 5.32 Å². The third kappa shape index (κ3) is 4.77. The van der Waals surface area contributed by atoms with Gasteiger partial charge in [0.05, 0.1) is 0 Å². The molecule has 0 aliphatic heterocycles. The number of rotatable bonds is 6. The van der Waals surface area contributed by atoms with Gasteiger partial charge in [0.1, 0.15) is 0 Å². The van der Waals surface area contributed by atoms with Gasteiger partial charge >= 0.3 is 0 Å². The molecule has 80 valence electrons. The van der Waals surface area contributed by atoms with E-state index in [1.54, 1.807) is 11.3 Å². The fourth-order valence-corrected chi connectivity index (χ4v) is 2.39. The minimum Gasteiger partial charge on any atom is -0.314 e. The molecule has 1 aromatic rings. The molecule has 0 fully saturated rings. The minimum atomic E-state index is 0.647. The van der Waals surface area contributed by atoms with E-state index >= 15 is 0 Å². The Bertz CT molecular complexity index is 228. The average Bonchev–Trinajstić information content (AvgIpc) is 2.55. The molecule has 0 saturated heterocycles. The van der Waals surface area contributed by atoms with Gasteiger partial charge in [0.2, 0.25) is 0 Å². The van der Waals surface area contributed by atoms with Crippen molar-refractivity contribution in [3.05, 3.63) is 22.4 Å². The van der Waals surface area contributed by atoms with Crippen LogP contribution in [0, 0.1) is 5.92 Å². The second-order valence-corrected chi connectivity index (χ2v) is 5.15. The van der Waals surface area contributed by atoms with Gasteiger partial charge in [-0.05, 0) is 54.6 Å². The van der Waals surface area contributed by atoms with Crippen LogP contribution in [0.3, 0.4) is 0 Å². The maximum absolute atomic E-state index is 3.56. The Morgan fingerprint density at radius 2 is 2.14 bits per heavy atom. The van der Waals surface area contributed by atoms with Crippen molar-refractivity contribution in [2.75, 3.05) is 6.54 Å². The van der Waals surface area contributed by atoms with Crippen LogP contribution in [-0.4, -0.2) is 12.6 Å². The van der Waals surface area contributed by atoms with Gasteiger partial charge in [-0.1, -0.05) is 13.8 Å². The summed E-state index contributed by atoms with van der Waals surface area (Å²) in [5.74, 6) is 0.790. The Kier molecular flexibility index (Phi) is 5.20. The zero-order valence-electron chi connectivity index (χ0n) is 9.42. The molecule has 1 nitrogen and oxygen atoms in total. The SMILES string of the molecule is CC(C)CC(C)NCCc1ccsc1. The summed E-state index contributed by atoms with van der Waals surface area (Å²) in [5, 5.41) is 7.93. The molecule has 0 bridgehead atoms. The van der Waals surface area contributed by atoms with Crippen molar-refractivity contribution < 1.29 is 0 Å². The van der Waals surface area contributed by atoms with Gasteiger partial charge in [-0.25, -0.2) is 0 Å². The molecule has 14 heavy (non-hydrogen) atoms. The van der Waals surface area contributed by atoms with Crippen LogP contribution in [0.1, 0.15) is 32.8 Å². The molecule has 0 aliphatic rings. The number of hydrogen-bond donors (Lipinski definition) is 1. The van der Waals surface area contributed by atoms with E-state index in [-0.39, 0.29) is 0 Å². The molecule has 1 unspecified atom stereocenters. The molecule has 0 spiro atoms. The number of hydrogen-bond acceptors (Lipinski definition) is 2. The molecule has 2 heteroatoms. The Morgan fingerprint density at radius 1 is 1.36 bits per heavy atom. The molecule has 0 amide bonds. The monoisotopic (exact) mass is 211 g/mol. The highest BCUT2D eigenvalue weighted by Gasteiger charge is 2.03. The largest absolute Gasteiger partial charge is 0.314 e. The molecule has 0 aliphatic carbocycles. The Hall–Kier alpha value is -0.340. The summed E-state index contributed by atoms with van der Waals surface area (Å²) in [5.41, 5.74) is 1.46. The van der Waals surface area contributed by atoms with Crippen molar-refractivity contribution in [2.24, 2.45) is 5.92 Å². The van der Waals surface area contributed by atoms with E-state index < -0.39 is 0 Å². The smallest absolute Gasteiger partial charge is 0.00412 e. The van der Waals surface area contributed by atoms with E-state index in [0.717, 1.165) is 18.9 Å². The number of nitrogens with one attached hydrogen (secondary N) is 1. The molecule has 1 N–H and O–H groups in total. The summed E-state index contributed by atoms with van der Waals surface area (Å²) in [6.45, 7) is 7.92. The van der Waals surface area contributed by atoms with E-state index in [1.165, 1.54) is 12.0 Å². The first kappa shape index (κ1) is 11.7. The van der Waals surface area contributed by atoms with E-state index in [9.17, 15) is 0 Å². The maximum Gasteiger partial charge on any atom is 0.00412 e. The van der Waals surface area contributed by atoms with Crippen LogP contribution in [0.4, 0.5) is 0 Å². The van der Waals surface area contributed by atoms with Gasteiger partial charge in [-0.3, -0.25) is 0 Å². The van der Waals surface area contributed by atoms with Gasteiger partial charge in [-0.15, -0.1) is 0 Å². The van der Waals surface area contributed by atoms with Crippen molar-refractivity contribution >= 4 is 11.3 Å². The average molecular weight is 211 g/mol. The first-order valence-corrected chi connectivity index (χ1v) is 6.37. The van der Waals surface area contributed by atoms with E-state index in [2.05, 4.69) is 42.9 Å². The van der Waals surface area contributed by atoms with Gasteiger partial charge in [0, 0.05) is 6.04 Å². The zero-order valence-corrected chi connectivity index (χ0v) is 10.2. The summed E-state index contributed by atoms with van der Waals surface area (Å²) in [4.78, 5) is 0. The van der Waals surface area contributed by atoms with Crippen LogP contribution in [0.15, 0.2) is 16.8 Å². The van der Waals surface area contributed by atoms with E-state index in [4.69, 9.17) is 0 Å². The first-order chi connectivity index (χ1) is 6.68. The Labute approximate surface area is 91.5 Å². The van der Waals surface area contributed by atoms with Crippen molar-refractivity contribution in [1.29, 1.82) is 0 Å². The topological polar surface area (TPSA) is 12.0 Å². The third-order valence-corrected chi connectivity index (χ3v) is 3.04. The molecule has 1 heterocycles. The Balaban J connectivity index is 2.09. The highest BCUT2D eigenvalue weighted by atomic mass is 32.1. The van der Waals surface area contributed by atoms with Crippen LogP contribution in [-0.2, 0) is 6.42 Å². The van der Waals surface area contributed by atoms with Crippen molar-refractivity contribution in [3.63, 3.8) is 0 Å². The highest BCUT2D eigenvalue weighted by Crippen LogP contribution is 2.07. The fourth-order valence-electron chi connectivity index (χ4n) is 1.69. The van der Waals surface area contributed by atoms with Crippen molar-refractivity contribution in [3.8, 4) is 0 Å². The van der Waals surface area contributed by atoms with Crippen molar-refractivity contribution in [2.45, 2.75) is 39.7 Å². The minimum absolute atomic E-state index is 0.647. The second-order valence-electron chi connectivity index (χ2n) is 4.37. The molecule has 1 atom stereocenters. The normalized spacial score (nSPS) is 13.4. The van der Waals surface area contributed by atoms with Crippen LogP contribution in [0.5, 0.6) is 0 Å². The summed E-state index contributed by atoms with van der Waals surface area (Å²) < 4.78 is 0. The third-order valence-electron chi connectivity index (χ3n) is 2.31.